The van der Waals surface area contributed by atoms with Gasteiger partial charge in [-0.2, -0.15) is 0 Å². The molecule has 0 fully saturated rings. The summed E-state index contributed by atoms with van der Waals surface area (Å²) in [6, 6.07) is 11.8. The molecule has 1 N–H and O–H groups in total. The number of halogens is 1. The van der Waals surface area contributed by atoms with Crippen LogP contribution in [0.4, 0.5) is 10.1 Å². The Hall–Kier alpha value is -2.73. The van der Waals surface area contributed by atoms with Crippen molar-refractivity contribution < 1.29 is 9.18 Å². The van der Waals surface area contributed by atoms with Gasteiger partial charge in [-0.05, 0) is 73.9 Å². The van der Waals surface area contributed by atoms with Crippen molar-refractivity contribution in [1.29, 1.82) is 0 Å². The van der Waals surface area contributed by atoms with Gasteiger partial charge in [0.1, 0.15) is 5.82 Å². The first-order valence-corrected chi connectivity index (χ1v) is 9.47. The number of rotatable bonds is 3. The highest BCUT2D eigenvalue weighted by Crippen LogP contribution is 2.35. The van der Waals surface area contributed by atoms with Gasteiger partial charge in [0.15, 0.2) is 5.11 Å². The molecule has 1 amide bonds. The Morgan fingerprint density at radius 2 is 1.82 bits per heavy atom. The monoisotopic (exact) mass is 397 g/mol. The van der Waals surface area contributed by atoms with E-state index in [0.29, 0.717) is 16.2 Å². The maximum Gasteiger partial charge on any atom is 0.253 e. The van der Waals surface area contributed by atoms with Crippen molar-refractivity contribution in [3.63, 3.8) is 0 Å². The minimum Gasteiger partial charge on any atom is -0.351 e. The fourth-order valence-electron chi connectivity index (χ4n) is 3.37. The minimum atomic E-state index is -0.513. The number of nitrogens with zero attached hydrogens (tertiary/aromatic N) is 2. The molecule has 2 aromatic carbocycles. The molecule has 0 radical (unpaired) electrons. The molecule has 0 spiro atoms. The molecule has 146 valence electrons. The van der Waals surface area contributed by atoms with Crippen molar-refractivity contribution in [2.75, 3.05) is 19.0 Å². The van der Waals surface area contributed by atoms with E-state index in [1.165, 1.54) is 22.6 Å². The molecule has 3 rings (SSSR count). The van der Waals surface area contributed by atoms with Gasteiger partial charge in [-0.3, -0.25) is 9.69 Å². The molecule has 0 bridgehead atoms. The fraction of sp³-hybridized carbons (Fsp3) is 0.273. The quantitative estimate of drug-likeness (QED) is 0.786. The molecule has 0 unspecified atom stereocenters. The fourth-order valence-corrected chi connectivity index (χ4v) is 3.73. The third kappa shape index (κ3) is 3.64. The van der Waals surface area contributed by atoms with Crippen LogP contribution in [0.2, 0.25) is 0 Å². The van der Waals surface area contributed by atoms with E-state index in [4.69, 9.17) is 12.2 Å². The van der Waals surface area contributed by atoms with Crippen LogP contribution in [0, 0.1) is 19.7 Å². The number of carbonyl (C=O) groups excluding carboxylic acids is 1. The van der Waals surface area contributed by atoms with Crippen LogP contribution < -0.4 is 10.2 Å². The van der Waals surface area contributed by atoms with Crippen molar-refractivity contribution in [2.45, 2.75) is 26.8 Å². The number of hydrogen-bond donors (Lipinski definition) is 1. The largest absolute Gasteiger partial charge is 0.351 e. The molecular formula is C22H24FN3OS. The Kier molecular flexibility index (Phi) is 5.52. The van der Waals surface area contributed by atoms with Crippen molar-refractivity contribution in [1.82, 2.24) is 10.2 Å². The molecule has 0 aromatic heterocycles. The van der Waals surface area contributed by atoms with E-state index in [1.807, 2.05) is 36.9 Å². The van der Waals surface area contributed by atoms with Crippen LogP contribution in [0.15, 0.2) is 53.7 Å². The number of likely N-dealkylation sites (N-methyl/N-ethyl adjacent to an activating group) is 1. The third-order valence-corrected chi connectivity index (χ3v) is 5.35. The number of carbonyl (C=O) groups is 1. The van der Waals surface area contributed by atoms with Crippen LogP contribution in [0.3, 0.4) is 0 Å². The second kappa shape index (κ2) is 7.72. The molecule has 4 nitrogen and oxygen atoms in total. The topological polar surface area (TPSA) is 35.6 Å². The zero-order chi connectivity index (χ0) is 20.6. The first-order chi connectivity index (χ1) is 13.2. The van der Waals surface area contributed by atoms with E-state index in [2.05, 4.69) is 12.2 Å². The number of benzene rings is 2. The molecule has 0 aliphatic carbocycles. The average molecular weight is 398 g/mol. The normalized spacial score (nSPS) is 16.9. The average Bonchev–Trinajstić information content (AvgIpc) is 2.63. The summed E-state index contributed by atoms with van der Waals surface area (Å²) in [6.07, 6.45) is 0. The predicted octanol–water partition coefficient (Wildman–Crippen LogP) is 4.24. The van der Waals surface area contributed by atoms with E-state index in [-0.39, 0.29) is 11.7 Å². The van der Waals surface area contributed by atoms with E-state index < -0.39 is 6.04 Å². The van der Waals surface area contributed by atoms with Crippen molar-refractivity contribution in [2.24, 2.45) is 0 Å². The van der Waals surface area contributed by atoms with Crippen LogP contribution in [0.5, 0.6) is 0 Å². The lowest BCUT2D eigenvalue weighted by atomic mass is 9.93. The molecule has 6 heteroatoms. The summed E-state index contributed by atoms with van der Waals surface area (Å²) >= 11 is 5.64. The van der Waals surface area contributed by atoms with Gasteiger partial charge in [0.05, 0.1) is 11.6 Å². The van der Waals surface area contributed by atoms with Gasteiger partial charge in [0.2, 0.25) is 0 Å². The summed E-state index contributed by atoms with van der Waals surface area (Å²) in [4.78, 5) is 16.4. The van der Waals surface area contributed by atoms with Gasteiger partial charge in [-0.1, -0.05) is 18.2 Å². The van der Waals surface area contributed by atoms with Crippen molar-refractivity contribution in [3.8, 4) is 0 Å². The number of nitrogens with one attached hydrogen (secondary N) is 1. The Morgan fingerprint density at radius 1 is 1.11 bits per heavy atom. The van der Waals surface area contributed by atoms with Crippen molar-refractivity contribution >= 4 is 28.9 Å². The zero-order valence-electron chi connectivity index (χ0n) is 16.7. The van der Waals surface area contributed by atoms with Crippen LogP contribution in [-0.4, -0.2) is 30.0 Å². The number of aryl methyl sites for hydroxylation is 2. The molecule has 1 aliphatic heterocycles. The van der Waals surface area contributed by atoms with Crippen LogP contribution in [0.1, 0.15) is 29.7 Å². The number of thiocarbonyl (C=S) groups is 1. The molecule has 1 atom stereocenters. The number of anilines is 1. The predicted molar refractivity (Wildman–Crippen MR) is 115 cm³/mol. The maximum absolute atomic E-state index is 13.8. The van der Waals surface area contributed by atoms with Crippen molar-refractivity contribution in [3.05, 3.63) is 76.2 Å². The van der Waals surface area contributed by atoms with Gasteiger partial charge in [0.25, 0.3) is 5.91 Å². The van der Waals surface area contributed by atoms with E-state index >= 15 is 0 Å². The summed E-state index contributed by atoms with van der Waals surface area (Å²) < 4.78 is 13.8. The first kappa shape index (κ1) is 20.0. The summed E-state index contributed by atoms with van der Waals surface area (Å²) in [7, 11) is 3.41. The summed E-state index contributed by atoms with van der Waals surface area (Å²) in [6.45, 7) is 5.97. The molecule has 0 saturated heterocycles. The van der Waals surface area contributed by atoms with E-state index in [1.54, 1.807) is 26.2 Å². The van der Waals surface area contributed by atoms with Crippen LogP contribution in [0.25, 0.3) is 0 Å². The molecule has 1 heterocycles. The summed E-state index contributed by atoms with van der Waals surface area (Å²) in [5, 5.41) is 3.72. The minimum absolute atomic E-state index is 0.143. The number of allylic oxidation sites excluding steroid dienone is 1. The third-order valence-electron chi connectivity index (χ3n) is 5.05. The second-order valence-corrected chi connectivity index (χ2v) is 7.63. The van der Waals surface area contributed by atoms with Crippen LogP contribution in [-0.2, 0) is 4.79 Å². The highest BCUT2D eigenvalue weighted by atomic mass is 32.1. The zero-order valence-corrected chi connectivity index (χ0v) is 17.5. The Morgan fingerprint density at radius 3 is 2.43 bits per heavy atom. The SMILES string of the molecule is CC1=C(C(=O)N(C)C)[C@H](c2cccc(F)c2)NC(=S)N1c1ccc(C)c(C)c1. The molecule has 2 aromatic rings. The van der Waals surface area contributed by atoms with Gasteiger partial charge < -0.3 is 10.2 Å². The second-order valence-electron chi connectivity index (χ2n) is 7.24. The van der Waals surface area contributed by atoms with Gasteiger partial charge in [0, 0.05) is 25.5 Å². The summed E-state index contributed by atoms with van der Waals surface area (Å²) in [5.74, 6) is -0.494. The Balaban J connectivity index is 2.18. The summed E-state index contributed by atoms with van der Waals surface area (Å²) in [5.41, 5.74) is 5.15. The first-order valence-electron chi connectivity index (χ1n) is 9.06. The number of hydrogen-bond acceptors (Lipinski definition) is 2. The number of amides is 1. The molecule has 0 saturated carbocycles. The smallest absolute Gasteiger partial charge is 0.253 e. The lowest BCUT2D eigenvalue weighted by molar-refractivity contribution is -0.125. The van der Waals surface area contributed by atoms with E-state index in [0.717, 1.165) is 16.9 Å². The van der Waals surface area contributed by atoms with Gasteiger partial charge >= 0.3 is 0 Å². The molecule has 28 heavy (non-hydrogen) atoms. The standard InChI is InChI=1S/C22H24FN3OS/c1-13-9-10-18(11-14(13)2)26-15(3)19(21(27)25(4)5)20(24-22(26)28)16-7-6-8-17(23)12-16/h6-12,20H,1-5H3,(H,24,28)/t20-/m0/s1. The van der Waals surface area contributed by atoms with E-state index in [9.17, 15) is 9.18 Å². The molecule has 1 aliphatic rings. The Labute approximate surface area is 170 Å². The van der Waals surface area contributed by atoms with Gasteiger partial charge in [-0.15, -0.1) is 0 Å². The van der Waals surface area contributed by atoms with Crippen LogP contribution >= 0.6 is 12.2 Å². The molecular weight excluding hydrogens is 373 g/mol. The maximum atomic E-state index is 13.8. The highest BCUT2D eigenvalue weighted by molar-refractivity contribution is 7.80. The Bertz CT molecular complexity index is 983. The lowest BCUT2D eigenvalue weighted by Gasteiger charge is -2.38. The highest BCUT2D eigenvalue weighted by Gasteiger charge is 2.35. The lowest BCUT2D eigenvalue weighted by Crippen LogP contribution is -2.49. The van der Waals surface area contributed by atoms with Gasteiger partial charge in [-0.25, -0.2) is 4.39 Å².